The summed E-state index contributed by atoms with van der Waals surface area (Å²) in [6, 6.07) is 10.4. The van der Waals surface area contributed by atoms with Gasteiger partial charge >= 0.3 is 0 Å². The van der Waals surface area contributed by atoms with Crippen LogP contribution in [-0.2, 0) is 4.79 Å². The lowest BCUT2D eigenvalue weighted by Gasteiger charge is -2.30. The molecule has 1 amide bonds. The first-order chi connectivity index (χ1) is 10.8. The number of piperidine rings is 1. The van der Waals surface area contributed by atoms with E-state index in [1.807, 2.05) is 12.1 Å². The van der Waals surface area contributed by atoms with Crippen molar-refractivity contribution in [1.29, 1.82) is 5.26 Å². The number of hydrogen-bond donors (Lipinski definition) is 1. The number of nitrogens with zero attached hydrogens (tertiary/aromatic N) is 2. The van der Waals surface area contributed by atoms with Crippen LogP contribution in [0.4, 0.5) is 0 Å². The minimum Gasteiger partial charge on any atom is -0.355 e. The molecule has 22 heavy (non-hydrogen) atoms. The van der Waals surface area contributed by atoms with E-state index in [1.165, 1.54) is 10.5 Å². The summed E-state index contributed by atoms with van der Waals surface area (Å²) in [5, 5.41) is 11.9. The lowest BCUT2D eigenvalue weighted by atomic mass is 9.96. The van der Waals surface area contributed by atoms with Crippen LogP contribution in [0.2, 0.25) is 0 Å². The second-order valence-electron chi connectivity index (χ2n) is 6.02. The Morgan fingerprint density at radius 3 is 2.91 bits per heavy atom. The van der Waals surface area contributed by atoms with Gasteiger partial charge in [0.05, 0.1) is 18.5 Å². The summed E-state index contributed by atoms with van der Waals surface area (Å²) in [4.78, 5) is 15.9. The largest absolute Gasteiger partial charge is 0.355 e. The third-order valence-electron chi connectivity index (χ3n) is 4.58. The quantitative estimate of drug-likeness (QED) is 0.866. The number of rotatable bonds is 4. The van der Waals surface area contributed by atoms with E-state index < -0.39 is 0 Å². The molecule has 0 aliphatic carbocycles. The van der Waals surface area contributed by atoms with Gasteiger partial charge in [-0.3, -0.25) is 9.69 Å². The molecule has 0 spiro atoms. The predicted molar refractivity (Wildman–Crippen MR) is 87.7 cm³/mol. The molecular weight excluding hydrogens is 294 g/mol. The highest BCUT2D eigenvalue weighted by Gasteiger charge is 2.29. The molecule has 4 nitrogen and oxygen atoms in total. The van der Waals surface area contributed by atoms with Crippen LogP contribution in [0.5, 0.6) is 0 Å². The van der Waals surface area contributed by atoms with Gasteiger partial charge in [0.15, 0.2) is 0 Å². The number of likely N-dealkylation sites (tertiary alicyclic amines) is 1. The molecule has 2 aliphatic heterocycles. The molecule has 1 atom stereocenters. The first-order valence-corrected chi connectivity index (χ1v) is 8.85. The van der Waals surface area contributed by atoms with Crippen molar-refractivity contribution in [2.45, 2.75) is 23.7 Å². The highest BCUT2D eigenvalue weighted by Crippen LogP contribution is 2.39. The zero-order chi connectivity index (χ0) is 15.4. The Balaban J connectivity index is 1.47. The van der Waals surface area contributed by atoms with Crippen LogP contribution >= 0.6 is 11.8 Å². The number of hydrogen-bond acceptors (Lipinski definition) is 4. The van der Waals surface area contributed by atoms with Crippen LogP contribution < -0.4 is 5.32 Å². The Bertz CT molecular complexity index is 576. The lowest BCUT2D eigenvalue weighted by Crippen LogP contribution is -2.40. The van der Waals surface area contributed by atoms with Gasteiger partial charge in [-0.15, -0.1) is 11.8 Å². The third kappa shape index (κ3) is 3.45. The zero-order valence-electron chi connectivity index (χ0n) is 12.6. The summed E-state index contributed by atoms with van der Waals surface area (Å²) < 4.78 is 0. The van der Waals surface area contributed by atoms with Crippen molar-refractivity contribution >= 4 is 17.7 Å². The van der Waals surface area contributed by atoms with Crippen molar-refractivity contribution in [1.82, 2.24) is 10.2 Å². The van der Waals surface area contributed by atoms with E-state index in [9.17, 15) is 4.79 Å². The van der Waals surface area contributed by atoms with Crippen LogP contribution in [0, 0.1) is 17.2 Å². The fraction of sp³-hybridized carbons (Fsp3) is 0.529. The predicted octanol–water partition coefficient (Wildman–Crippen LogP) is 2.23. The minimum absolute atomic E-state index is 0.000113. The summed E-state index contributed by atoms with van der Waals surface area (Å²) in [6.07, 6.45) is 2.13. The van der Waals surface area contributed by atoms with Gasteiger partial charge < -0.3 is 5.32 Å². The molecule has 5 heteroatoms. The summed E-state index contributed by atoms with van der Waals surface area (Å²) >= 11 is 1.77. The number of benzene rings is 1. The van der Waals surface area contributed by atoms with E-state index in [0.29, 0.717) is 12.5 Å². The smallest absolute Gasteiger partial charge is 0.228 e. The van der Waals surface area contributed by atoms with Gasteiger partial charge in [0.25, 0.3) is 0 Å². The number of nitriles is 1. The summed E-state index contributed by atoms with van der Waals surface area (Å²) in [5.74, 6) is 1.56. The molecular formula is C17H21N3OS. The molecule has 0 aromatic heterocycles. The molecule has 1 fully saturated rings. The van der Waals surface area contributed by atoms with Crippen molar-refractivity contribution in [3.63, 3.8) is 0 Å². The maximum Gasteiger partial charge on any atom is 0.228 e. The maximum atomic E-state index is 12.4. The van der Waals surface area contributed by atoms with Crippen LogP contribution in [-0.4, -0.2) is 42.7 Å². The molecule has 0 radical (unpaired) electrons. The Labute approximate surface area is 135 Å². The Morgan fingerprint density at radius 2 is 2.14 bits per heavy atom. The van der Waals surface area contributed by atoms with E-state index in [4.69, 9.17) is 5.26 Å². The molecule has 1 unspecified atom stereocenters. The van der Waals surface area contributed by atoms with E-state index >= 15 is 0 Å². The van der Waals surface area contributed by atoms with Crippen LogP contribution in [0.15, 0.2) is 29.2 Å². The van der Waals surface area contributed by atoms with Crippen molar-refractivity contribution in [3.8, 4) is 6.07 Å². The molecule has 116 valence electrons. The molecule has 0 saturated carbocycles. The molecule has 2 aliphatic rings. The van der Waals surface area contributed by atoms with Crippen molar-refractivity contribution < 1.29 is 4.79 Å². The average molecular weight is 315 g/mol. The molecule has 0 bridgehead atoms. The highest BCUT2D eigenvalue weighted by atomic mass is 32.2. The van der Waals surface area contributed by atoms with E-state index in [1.54, 1.807) is 11.8 Å². The topological polar surface area (TPSA) is 56.1 Å². The van der Waals surface area contributed by atoms with Crippen LogP contribution in [0.25, 0.3) is 0 Å². The normalized spacial score (nSPS) is 22.0. The summed E-state index contributed by atoms with van der Waals surface area (Å²) in [7, 11) is 0. The van der Waals surface area contributed by atoms with Gasteiger partial charge in [0, 0.05) is 17.2 Å². The number of carbonyl (C=O) groups is 1. The SMILES string of the molecule is N#CCN1CCC(CNC(=O)C2CSc3ccccc32)CC1. The Morgan fingerprint density at radius 1 is 1.36 bits per heavy atom. The van der Waals surface area contributed by atoms with Gasteiger partial charge in [0.1, 0.15) is 0 Å². The van der Waals surface area contributed by atoms with Crippen molar-refractivity contribution in [2.24, 2.45) is 5.92 Å². The van der Waals surface area contributed by atoms with E-state index in [-0.39, 0.29) is 11.8 Å². The third-order valence-corrected chi connectivity index (χ3v) is 5.77. The van der Waals surface area contributed by atoms with Gasteiger partial charge in [-0.25, -0.2) is 0 Å². The Kier molecular flexibility index (Phi) is 5.01. The molecule has 2 heterocycles. The number of nitrogens with one attached hydrogen (secondary N) is 1. The van der Waals surface area contributed by atoms with Crippen LogP contribution in [0.3, 0.4) is 0 Å². The number of thioether (sulfide) groups is 1. The van der Waals surface area contributed by atoms with Crippen molar-refractivity contribution in [2.75, 3.05) is 31.9 Å². The number of amides is 1. The number of fused-ring (bicyclic) bond motifs is 1. The van der Waals surface area contributed by atoms with E-state index in [2.05, 4.69) is 28.4 Å². The fourth-order valence-electron chi connectivity index (χ4n) is 3.20. The monoisotopic (exact) mass is 315 g/mol. The van der Waals surface area contributed by atoms with Gasteiger partial charge in [-0.1, -0.05) is 18.2 Å². The van der Waals surface area contributed by atoms with Gasteiger partial charge in [-0.05, 0) is 43.5 Å². The number of carbonyl (C=O) groups excluding carboxylic acids is 1. The standard InChI is InChI=1S/C17H21N3OS/c18-7-10-20-8-5-13(6-9-20)11-19-17(21)15-12-22-16-4-2-1-3-14(15)16/h1-4,13,15H,5-6,8-12H2,(H,19,21). The first kappa shape index (κ1) is 15.4. The molecule has 3 rings (SSSR count). The maximum absolute atomic E-state index is 12.4. The second kappa shape index (κ2) is 7.17. The molecule has 1 saturated heterocycles. The molecule has 1 aromatic rings. The zero-order valence-corrected chi connectivity index (χ0v) is 13.4. The average Bonchev–Trinajstić information content (AvgIpc) is 2.98. The summed E-state index contributed by atoms with van der Waals surface area (Å²) in [6.45, 7) is 3.23. The molecule has 1 N–H and O–H groups in total. The van der Waals surface area contributed by atoms with Crippen molar-refractivity contribution in [3.05, 3.63) is 29.8 Å². The Hall–Kier alpha value is -1.51. The summed E-state index contributed by atoms with van der Waals surface area (Å²) in [5.41, 5.74) is 1.17. The van der Waals surface area contributed by atoms with Crippen LogP contribution in [0.1, 0.15) is 24.3 Å². The first-order valence-electron chi connectivity index (χ1n) is 7.86. The van der Waals surface area contributed by atoms with E-state index in [0.717, 1.165) is 38.2 Å². The highest BCUT2D eigenvalue weighted by molar-refractivity contribution is 7.99. The minimum atomic E-state index is -0.000113. The lowest BCUT2D eigenvalue weighted by molar-refractivity contribution is -0.122. The van der Waals surface area contributed by atoms with Gasteiger partial charge in [0.2, 0.25) is 5.91 Å². The van der Waals surface area contributed by atoms with Gasteiger partial charge in [-0.2, -0.15) is 5.26 Å². The second-order valence-corrected chi connectivity index (χ2v) is 7.09. The molecule has 1 aromatic carbocycles. The fourth-order valence-corrected chi connectivity index (χ4v) is 4.43.